The second-order valence-electron chi connectivity index (χ2n) is 5.71. The molecule has 0 unspecified atom stereocenters. The highest BCUT2D eigenvalue weighted by atomic mass is 19.4. The third kappa shape index (κ3) is 5.03. The van der Waals surface area contributed by atoms with E-state index in [1.54, 1.807) is 6.07 Å². The normalized spacial score (nSPS) is 11.1. The van der Waals surface area contributed by atoms with Gasteiger partial charge in [0, 0.05) is 0 Å². The minimum absolute atomic E-state index is 0.0402. The van der Waals surface area contributed by atoms with Crippen molar-refractivity contribution in [3.63, 3.8) is 0 Å². The Bertz CT molecular complexity index is 958. The lowest BCUT2D eigenvalue weighted by atomic mass is 10.1. The number of carbonyl (C=O) groups excluding carboxylic acids is 1. The van der Waals surface area contributed by atoms with Gasteiger partial charge in [0.1, 0.15) is 0 Å². The highest BCUT2D eigenvalue weighted by Crippen LogP contribution is 2.29. The third-order valence-corrected chi connectivity index (χ3v) is 3.60. The van der Waals surface area contributed by atoms with Crippen LogP contribution in [0.4, 0.5) is 23.2 Å². The van der Waals surface area contributed by atoms with Gasteiger partial charge in [-0.2, -0.15) is 13.2 Å². The molecule has 0 atom stereocenters. The molecule has 1 amide bonds. The summed E-state index contributed by atoms with van der Waals surface area (Å²) in [6.45, 7) is 0. The number of halogens is 4. The van der Waals surface area contributed by atoms with Crippen LogP contribution in [0.1, 0.15) is 11.1 Å². The van der Waals surface area contributed by atoms with Crippen LogP contribution in [0.25, 0.3) is 0 Å². The van der Waals surface area contributed by atoms with Gasteiger partial charge in [0.25, 0.3) is 0 Å². The fourth-order valence-electron chi connectivity index (χ4n) is 2.26. The number of hydrogen-bond donors (Lipinski definition) is 1. The Kier molecular flexibility index (Phi) is 5.53. The summed E-state index contributed by atoms with van der Waals surface area (Å²) in [4.78, 5) is 19.8. The Morgan fingerprint density at radius 1 is 1.00 bits per heavy atom. The van der Waals surface area contributed by atoms with Crippen molar-refractivity contribution < 1.29 is 27.1 Å². The largest absolute Gasteiger partial charge is 0.421 e. The zero-order valence-corrected chi connectivity index (χ0v) is 14.2. The summed E-state index contributed by atoms with van der Waals surface area (Å²) < 4.78 is 56.3. The standard InChI is InChI=1S/C19H13F4N3O2/c20-15-3-1-2-4-16(15)28-18-24-10-14(11-25-18)26-17(27)9-12-5-7-13(8-6-12)19(21,22)23/h1-8,10-11H,9H2,(H,26,27). The molecule has 3 aromatic rings. The molecule has 0 aliphatic rings. The van der Waals surface area contributed by atoms with Crippen LogP contribution in [0.5, 0.6) is 11.8 Å². The number of aromatic nitrogens is 2. The van der Waals surface area contributed by atoms with Crippen LogP contribution in [-0.2, 0) is 17.4 Å². The Morgan fingerprint density at radius 2 is 1.64 bits per heavy atom. The van der Waals surface area contributed by atoms with Gasteiger partial charge in [-0.05, 0) is 29.8 Å². The van der Waals surface area contributed by atoms with E-state index in [2.05, 4.69) is 15.3 Å². The van der Waals surface area contributed by atoms with E-state index in [-0.39, 0.29) is 23.9 Å². The molecule has 1 N–H and O–H groups in total. The van der Waals surface area contributed by atoms with Crippen molar-refractivity contribution in [3.8, 4) is 11.8 Å². The maximum Gasteiger partial charge on any atom is 0.416 e. The monoisotopic (exact) mass is 391 g/mol. The molecule has 1 aromatic heterocycles. The van der Waals surface area contributed by atoms with Gasteiger partial charge in [-0.1, -0.05) is 24.3 Å². The number of rotatable bonds is 5. The molecule has 0 spiro atoms. The van der Waals surface area contributed by atoms with Gasteiger partial charge in [0.15, 0.2) is 11.6 Å². The zero-order chi connectivity index (χ0) is 20.1. The number of amides is 1. The zero-order valence-electron chi connectivity index (χ0n) is 14.2. The predicted molar refractivity (Wildman–Crippen MR) is 92.3 cm³/mol. The van der Waals surface area contributed by atoms with E-state index in [1.165, 1.54) is 42.7 Å². The van der Waals surface area contributed by atoms with Crippen molar-refractivity contribution in [2.24, 2.45) is 0 Å². The summed E-state index contributed by atoms with van der Waals surface area (Å²) in [6, 6.07) is 9.96. The highest BCUT2D eigenvalue weighted by Gasteiger charge is 2.29. The van der Waals surface area contributed by atoms with Gasteiger partial charge in [-0.15, -0.1) is 0 Å². The van der Waals surface area contributed by atoms with Crippen LogP contribution in [0.15, 0.2) is 60.9 Å². The van der Waals surface area contributed by atoms with Gasteiger partial charge in [0.05, 0.1) is 30.1 Å². The molecule has 9 heteroatoms. The van der Waals surface area contributed by atoms with Crippen molar-refractivity contribution in [1.82, 2.24) is 9.97 Å². The topological polar surface area (TPSA) is 64.1 Å². The Hall–Kier alpha value is -3.49. The lowest BCUT2D eigenvalue weighted by Gasteiger charge is -2.08. The lowest BCUT2D eigenvalue weighted by Crippen LogP contribution is -2.15. The summed E-state index contributed by atoms with van der Waals surface area (Å²) in [5.74, 6) is -1.06. The fourth-order valence-corrected chi connectivity index (χ4v) is 2.26. The number of benzene rings is 2. The molecular formula is C19H13F4N3O2. The van der Waals surface area contributed by atoms with Gasteiger partial charge < -0.3 is 10.1 Å². The Morgan fingerprint density at radius 3 is 2.25 bits per heavy atom. The molecule has 3 rings (SSSR count). The first-order chi connectivity index (χ1) is 13.3. The maximum atomic E-state index is 13.5. The average molecular weight is 391 g/mol. The number of hydrogen-bond acceptors (Lipinski definition) is 4. The molecular weight excluding hydrogens is 378 g/mol. The van der Waals surface area contributed by atoms with Crippen molar-refractivity contribution in [2.75, 3.05) is 5.32 Å². The number of ether oxygens (including phenoxy) is 1. The fraction of sp³-hybridized carbons (Fsp3) is 0.105. The number of carbonyl (C=O) groups is 1. The van der Waals surface area contributed by atoms with Crippen LogP contribution in [0, 0.1) is 5.82 Å². The molecule has 0 saturated heterocycles. The van der Waals surface area contributed by atoms with Crippen molar-refractivity contribution in [1.29, 1.82) is 0 Å². The summed E-state index contributed by atoms with van der Waals surface area (Å²) in [5.41, 5.74) is -0.0979. The van der Waals surface area contributed by atoms with E-state index < -0.39 is 23.5 Å². The molecule has 0 fully saturated rings. The molecule has 1 heterocycles. The molecule has 0 bridgehead atoms. The van der Waals surface area contributed by atoms with Crippen molar-refractivity contribution in [2.45, 2.75) is 12.6 Å². The van der Waals surface area contributed by atoms with Gasteiger partial charge in [0.2, 0.25) is 5.91 Å². The van der Waals surface area contributed by atoms with E-state index in [1.807, 2.05) is 0 Å². The van der Waals surface area contributed by atoms with E-state index in [9.17, 15) is 22.4 Å². The number of nitrogens with one attached hydrogen (secondary N) is 1. The minimum atomic E-state index is -4.43. The predicted octanol–water partition coefficient (Wildman–Crippen LogP) is 4.61. The van der Waals surface area contributed by atoms with Crippen LogP contribution < -0.4 is 10.1 Å². The Balaban J connectivity index is 1.58. The highest BCUT2D eigenvalue weighted by molar-refractivity contribution is 5.91. The maximum absolute atomic E-state index is 13.5. The van der Waals surface area contributed by atoms with Crippen molar-refractivity contribution in [3.05, 3.63) is 77.9 Å². The summed E-state index contributed by atoms with van der Waals surface area (Å²) >= 11 is 0. The second-order valence-corrected chi connectivity index (χ2v) is 5.71. The lowest BCUT2D eigenvalue weighted by molar-refractivity contribution is -0.137. The molecule has 5 nitrogen and oxygen atoms in total. The molecule has 0 radical (unpaired) electrons. The van der Waals surface area contributed by atoms with Crippen LogP contribution in [0.2, 0.25) is 0 Å². The van der Waals surface area contributed by atoms with Gasteiger partial charge in [-0.25, -0.2) is 14.4 Å². The second kappa shape index (κ2) is 8.03. The van der Waals surface area contributed by atoms with E-state index >= 15 is 0 Å². The molecule has 0 aliphatic carbocycles. The average Bonchev–Trinajstić information content (AvgIpc) is 2.65. The van der Waals surface area contributed by atoms with Crippen LogP contribution in [-0.4, -0.2) is 15.9 Å². The van der Waals surface area contributed by atoms with Crippen molar-refractivity contribution >= 4 is 11.6 Å². The molecule has 28 heavy (non-hydrogen) atoms. The van der Waals surface area contributed by atoms with E-state index in [0.29, 0.717) is 5.56 Å². The minimum Gasteiger partial charge on any atom is -0.421 e. The van der Waals surface area contributed by atoms with Crippen LogP contribution in [0.3, 0.4) is 0 Å². The summed E-state index contributed by atoms with van der Waals surface area (Å²) in [7, 11) is 0. The van der Waals surface area contributed by atoms with Gasteiger partial charge in [-0.3, -0.25) is 4.79 Å². The van der Waals surface area contributed by atoms with E-state index in [4.69, 9.17) is 4.74 Å². The van der Waals surface area contributed by atoms with Gasteiger partial charge >= 0.3 is 12.2 Å². The number of nitrogens with zero attached hydrogens (tertiary/aromatic N) is 2. The SMILES string of the molecule is O=C(Cc1ccc(C(F)(F)F)cc1)Nc1cnc(Oc2ccccc2F)nc1. The summed E-state index contributed by atoms with van der Waals surface area (Å²) in [6.07, 6.45) is -2.00. The quantitative estimate of drug-likeness (QED) is 0.646. The Labute approximate surface area is 157 Å². The summed E-state index contributed by atoms with van der Waals surface area (Å²) in [5, 5.41) is 2.52. The van der Waals surface area contributed by atoms with E-state index in [0.717, 1.165) is 12.1 Å². The molecule has 144 valence electrons. The first kappa shape index (κ1) is 19.3. The molecule has 2 aromatic carbocycles. The number of alkyl halides is 3. The smallest absolute Gasteiger partial charge is 0.416 e. The van der Waals surface area contributed by atoms with Crippen LogP contribution >= 0.6 is 0 Å². The first-order valence-electron chi connectivity index (χ1n) is 8.02. The number of anilines is 1. The molecule has 0 aliphatic heterocycles. The first-order valence-corrected chi connectivity index (χ1v) is 8.02. The number of para-hydroxylation sites is 1. The third-order valence-electron chi connectivity index (χ3n) is 3.60. The molecule has 0 saturated carbocycles.